The van der Waals surface area contributed by atoms with Crippen LogP contribution >= 0.6 is 0 Å². The Morgan fingerprint density at radius 2 is 1.90 bits per heavy atom. The first kappa shape index (κ1) is 20.3. The lowest BCUT2D eigenvalue weighted by atomic mass is 10.1. The lowest BCUT2D eigenvalue weighted by Gasteiger charge is -2.17. The Balaban J connectivity index is 1.78. The number of nitrogens with zero attached hydrogens (tertiary/aromatic N) is 1. The zero-order valence-electron chi connectivity index (χ0n) is 16.1. The quantitative estimate of drug-likeness (QED) is 0.636. The van der Waals surface area contributed by atoms with E-state index in [4.69, 9.17) is 19.3 Å². The Morgan fingerprint density at radius 1 is 1.13 bits per heavy atom. The monoisotopic (exact) mass is 429 g/mol. The van der Waals surface area contributed by atoms with E-state index >= 15 is 0 Å². The Kier molecular flexibility index (Phi) is 5.42. The highest BCUT2D eigenvalue weighted by molar-refractivity contribution is 7.90. The first-order chi connectivity index (χ1) is 14.3. The van der Waals surface area contributed by atoms with Crippen LogP contribution in [0.25, 0.3) is 10.9 Å². The summed E-state index contributed by atoms with van der Waals surface area (Å²) in [4.78, 5) is 15.5. The maximum Gasteiger partial charge on any atom is 0.307 e. The van der Waals surface area contributed by atoms with Crippen molar-refractivity contribution in [1.82, 2.24) is 4.98 Å². The second kappa shape index (κ2) is 8.02. The molecule has 0 saturated carbocycles. The summed E-state index contributed by atoms with van der Waals surface area (Å²) in [6.45, 7) is 0.840. The Hall–Kier alpha value is -3.01. The fraction of sp³-hybridized carbons (Fsp3) is 0.238. The molecule has 0 spiro atoms. The molecule has 3 aromatic rings. The van der Waals surface area contributed by atoms with Crippen LogP contribution in [0.3, 0.4) is 0 Å². The summed E-state index contributed by atoms with van der Waals surface area (Å²) in [5.41, 5.74) is 1.73. The zero-order chi connectivity index (χ0) is 21.3. The molecule has 0 bridgehead atoms. The van der Waals surface area contributed by atoms with Gasteiger partial charge in [0, 0.05) is 17.8 Å². The third-order valence-electron chi connectivity index (χ3n) is 4.63. The van der Waals surface area contributed by atoms with Crippen molar-refractivity contribution in [3.05, 3.63) is 59.8 Å². The van der Waals surface area contributed by atoms with E-state index in [0.717, 1.165) is 6.26 Å². The maximum atomic E-state index is 12.0. The number of rotatable bonds is 6. The Morgan fingerprint density at radius 3 is 2.60 bits per heavy atom. The van der Waals surface area contributed by atoms with Gasteiger partial charge in [0.05, 0.1) is 35.6 Å². The van der Waals surface area contributed by atoms with Crippen LogP contribution in [-0.4, -0.2) is 43.9 Å². The molecule has 1 aliphatic heterocycles. The summed E-state index contributed by atoms with van der Waals surface area (Å²) >= 11 is 0. The SMILES string of the molecule is CS(=O)(=O)c1ccc2nccc(Oc3ccc(CC(=O)O)cc3C3OCCO3)c2c1. The van der Waals surface area contributed by atoms with Gasteiger partial charge in [0.25, 0.3) is 0 Å². The van der Waals surface area contributed by atoms with Crippen molar-refractivity contribution in [1.29, 1.82) is 0 Å². The second-order valence-corrected chi connectivity index (χ2v) is 8.89. The fourth-order valence-corrected chi connectivity index (χ4v) is 3.88. The number of carboxylic acids is 1. The van der Waals surface area contributed by atoms with E-state index in [-0.39, 0.29) is 11.3 Å². The number of fused-ring (bicyclic) bond motifs is 1. The third-order valence-corrected chi connectivity index (χ3v) is 5.74. The van der Waals surface area contributed by atoms with Gasteiger partial charge in [-0.25, -0.2) is 8.42 Å². The molecule has 30 heavy (non-hydrogen) atoms. The van der Waals surface area contributed by atoms with Gasteiger partial charge in [-0.05, 0) is 42.0 Å². The Bertz CT molecular complexity index is 1220. The van der Waals surface area contributed by atoms with Crippen molar-refractivity contribution in [2.75, 3.05) is 19.5 Å². The van der Waals surface area contributed by atoms with Crippen molar-refractivity contribution < 1.29 is 32.5 Å². The predicted molar refractivity (Wildman–Crippen MR) is 107 cm³/mol. The number of hydrogen-bond acceptors (Lipinski definition) is 7. The number of benzene rings is 2. The van der Waals surface area contributed by atoms with Gasteiger partial charge in [-0.3, -0.25) is 9.78 Å². The number of carboxylic acid groups (broad SMARTS) is 1. The summed E-state index contributed by atoms with van der Waals surface area (Å²) in [5, 5.41) is 9.62. The predicted octanol–water partition coefficient (Wildman–Crippen LogP) is 3.10. The van der Waals surface area contributed by atoms with Crippen LogP contribution in [0.1, 0.15) is 17.4 Å². The smallest absolute Gasteiger partial charge is 0.307 e. The molecule has 9 heteroatoms. The Labute approximate surface area is 172 Å². The van der Waals surface area contributed by atoms with Crippen LogP contribution < -0.4 is 4.74 Å². The van der Waals surface area contributed by atoms with Gasteiger partial charge in [0.1, 0.15) is 11.5 Å². The minimum atomic E-state index is -3.40. The maximum absolute atomic E-state index is 12.0. The summed E-state index contributed by atoms with van der Waals surface area (Å²) < 4.78 is 41.2. The molecule has 1 N–H and O–H groups in total. The zero-order valence-corrected chi connectivity index (χ0v) is 16.9. The van der Waals surface area contributed by atoms with Crippen molar-refractivity contribution in [3.8, 4) is 11.5 Å². The van der Waals surface area contributed by atoms with Crippen LogP contribution in [0.2, 0.25) is 0 Å². The highest BCUT2D eigenvalue weighted by Gasteiger charge is 2.24. The largest absolute Gasteiger partial charge is 0.481 e. The van der Waals surface area contributed by atoms with Crippen LogP contribution in [0.4, 0.5) is 0 Å². The molecule has 0 radical (unpaired) electrons. The standard InChI is InChI=1S/C21H19NO7S/c1-30(25,26)14-3-4-17-15(12-14)19(6-7-22-17)29-18-5-2-13(11-20(23)24)10-16(18)21-27-8-9-28-21/h2-7,10,12,21H,8-9,11H2,1H3,(H,23,24). The molecular formula is C21H19NO7S. The molecule has 1 aliphatic rings. The summed E-state index contributed by atoms with van der Waals surface area (Å²) in [7, 11) is -3.40. The minimum absolute atomic E-state index is 0.143. The van der Waals surface area contributed by atoms with Gasteiger partial charge >= 0.3 is 5.97 Å². The van der Waals surface area contributed by atoms with E-state index in [1.807, 2.05) is 0 Å². The van der Waals surface area contributed by atoms with Crippen LogP contribution in [0.5, 0.6) is 11.5 Å². The number of aliphatic carboxylic acids is 1. The average molecular weight is 429 g/mol. The topological polar surface area (TPSA) is 112 Å². The van der Waals surface area contributed by atoms with Crippen LogP contribution in [-0.2, 0) is 30.5 Å². The normalized spacial score (nSPS) is 14.8. The molecule has 0 atom stereocenters. The lowest BCUT2D eigenvalue weighted by Crippen LogP contribution is -2.05. The molecular weight excluding hydrogens is 410 g/mol. The summed E-state index contributed by atoms with van der Waals surface area (Å²) in [6, 6.07) is 11.3. The summed E-state index contributed by atoms with van der Waals surface area (Å²) in [6.07, 6.45) is 1.89. The number of aromatic nitrogens is 1. The van der Waals surface area contributed by atoms with Crippen LogP contribution in [0.15, 0.2) is 53.6 Å². The van der Waals surface area contributed by atoms with E-state index in [1.165, 1.54) is 12.1 Å². The fourth-order valence-electron chi connectivity index (χ4n) is 3.24. The van der Waals surface area contributed by atoms with Gasteiger partial charge in [-0.15, -0.1) is 0 Å². The molecule has 1 aromatic heterocycles. The van der Waals surface area contributed by atoms with E-state index in [1.54, 1.807) is 36.5 Å². The molecule has 1 saturated heterocycles. The average Bonchev–Trinajstić information content (AvgIpc) is 3.22. The van der Waals surface area contributed by atoms with Gasteiger partial charge in [0.2, 0.25) is 0 Å². The molecule has 1 fully saturated rings. The molecule has 156 valence electrons. The van der Waals surface area contributed by atoms with E-state index in [9.17, 15) is 13.2 Å². The van der Waals surface area contributed by atoms with Crippen molar-refractivity contribution in [2.24, 2.45) is 0 Å². The number of carbonyl (C=O) groups is 1. The van der Waals surface area contributed by atoms with Gasteiger partial charge in [0.15, 0.2) is 16.1 Å². The number of pyridine rings is 1. The summed E-state index contributed by atoms with van der Waals surface area (Å²) in [5.74, 6) is -0.111. The first-order valence-electron chi connectivity index (χ1n) is 9.16. The van der Waals surface area contributed by atoms with Crippen molar-refractivity contribution >= 4 is 26.7 Å². The molecule has 2 heterocycles. The lowest BCUT2D eigenvalue weighted by molar-refractivity contribution is -0.136. The van der Waals surface area contributed by atoms with Crippen molar-refractivity contribution in [3.63, 3.8) is 0 Å². The van der Waals surface area contributed by atoms with Gasteiger partial charge in [-0.2, -0.15) is 0 Å². The molecule has 0 unspecified atom stereocenters. The molecule has 8 nitrogen and oxygen atoms in total. The molecule has 0 aliphatic carbocycles. The number of sulfone groups is 1. The molecule has 2 aromatic carbocycles. The minimum Gasteiger partial charge on any atom is -0.481 e. The highest BCUT2D eigenvalue weighted by atomic mass is 32.2. The number of hydrogen-bond donors (Lipinski definition) is 1. The van der Waals surface area contributed by atoms with Crippen molar-refractivity contribution in [2.45, 2.75) is 17.6 Å². The first-order valence-corrected chi connectivity index (χ1v) is 11.0. The molecule has 0 amide bonds. The van der Waals surface area contributed by atoms with E-state index in [0.29, 0.717) is 46.7 Å². The van der Waals surface area contributed by atoms with E-state index < -0.39 is 22.1 Å². The second-order valence-electron chi connectivity index (χ2n) is 6.88. The van der Waals surface area contributed by atoms with Gasteiger partial charge in [-0.1, -0.05) is 6.07 Å². The highest BCUT2D eigenvalue weighted by Crippen LogP contribution is 2.37. The third kappa shape index (κ3) is 4.28. The van der Waals surface area contributed by atoms with E-state index in [2.05, 4.69) is 4.98 Å². The van der Waals surface area contributed by atoms with Crippen LogP contribution in [0, 0.1) is 0 Å². The van der Waals surface area contributed by atoms with Gasteiger partial charge < -0.3 is 19.3 Å². The molecule has 4 rings (SSSR count). The number of ether oxygens (including phenoxy) is 3.